The highest BCUT2D eigenvalue weighted by Crippen LogP contribution is 2.42. The molecule has 90 valence electrons. The van der Waals surface area contributed by atoms with Crippen molar-refractivity contribution in [2.75, 3.05) is 16.8 Å². The SMILES string of the molecule is O=C1Nc2ccc(Br)cc2N2CC(F)(F)C[C@H]12. The zero-order valence-electron chi connectivity index (χ0n) is 8.71. The van der Waals surface area contributed by atoms with E-state index in [1.807, 2.05) is 0 Å². The highest BCUT2D eigenvalue weighted by Gasteiger charge is 2.50. The highest BCUT2D eigenvalue weighted by atomic mass is 79.9. The lowest BCUT2D eigenvalue weighted by Gasteiger charge is -2.32. The zero-order chi connectivity index (χ0) is 12.2. The van der Waals surface area contributed by atoms with E-state index < -0.39 is 24.9 Å². The monoisotopic (exact) mass is 302 g/mol. The van der Waals surface area contributed by atoms with Crippen LogP contribution in [0.5, 0.6) is 0 Å². The second kappa shape index (κ2) is 3.41. The van der Waals surface area contributed by atoms with E-state index in [4.69, 9.17) is 0 Å². The molecule has 0 aromatic heterocycles. The maximum atomic E-state index is 13.4. The molecule has 0 aliphatic carbocycles. The predicted molar refractivity (Wildman–Crippen MR) is 63.5 cm³/mol. The molecule has 0 unspecified atom stereocenters. The van der Waals surface area contributed by atoms with Gasteiger partial charge in [-0.05, 0) is 18.2 Å². The van der Waals surface area contributed by atoms with Crippen molar-refractivity contribution in [1.29, 1.82) is 0 Å². The largest absolute Gasteiger partial charge is 0.352 e. The highest BCUT2D eigenvalue weighted by molar-refractivity contribution is 9.10. The summed E-state index contributed by atoms with van der Waals surface area (Å²) < 4.78 is 27.6. The number of carbonyl (C=O) groups excluding carboxylic acids is 1. The third-order valence-corrected chi connectivity index (χ3v) is 3.59. The number of nitrogens with one attached hydrogen (secondary N) is 1. The van der Waals surface area contributed by atoms with Crippen LogP contribution in [0.15, 0.2) is 22.7 Å². The number of alkyl halides is 2. The van der Waals surface area contributed by atoms with Gasteiger partial charge in [0, 0.05) is 10.9 Å². The second-order valence-corrected chi connectivity index (χ2v) is 5.27. The van der Waals surface area contributed by atoms with Crippen molar-refractivity contribution in [2.24, 2.45) is 0 Å². The Morgan fingerprint density at radius 3 is 3.00 bits per heavy atom. The van der Waals surface area contributed by atoms with Gasteiger partial charge in [0.1, 0.15) is 6.04 Å². The Morgan fingerprint density at radius 2 is 2.24 bits per heavy atom. The van der Waals surface area contributed by atoms with E-state index in [1.54, 1.807) is 18.2 Å². The number of hydrogen-bond acceptors (Lipinski definition) is 2. The van der Waals surface area contributed by atoms with Crippen molar-refractivity contribution in [3.8, 4) is 0 Å². The minimum absolute atomic E-state index is 0.350. The van der Waals surface area contributed by atoms with Gasteiger partial charge in [-0.15, -0.1) is 0 Å². The summed E-state index contributed by atoms with van der Waals surface area (Å²) >= 11 is 3.30. The molecule has 0 saturated carbocycles. The molecule has 1 N–H and O–H groups in total. The lowest BCUT2D eigenvalue weighted by molar-refractivity contribution is -0.118. The van der Waals surface area contributed by atoms with E-state index >= 15 is 0 Å². The lowest BCUT2D eigenvalue weighted by atomic mass is 10.1. The van der Waals surface area contributed by atoms with Gasteiger partial charge in [-0.25, -0.2) is 8.78 Å². The topological polar surface area (TPSA) is 32.3 Å². The van der Waals surface area contributed by atoms with Crippen molar-refractivity contribution >= 4 is 33.2 Å². The Bertz CT molecular complexity index is 506. The van der Waals surface area contributed by atoms with Gasteiger partial charge in [0.25, 0.3) is 5.92 Å². The van der Waals surface area contributed by atoms with Crippen molar-refractivity contribution in [1.82, 2.24) is 0 Å². The molecule has 3 rings (SSSR count). The van der Waals surface area contributed by atoms with Crippen molar-refractivity contribution in [3.63, 3.8) is 0 Å². The number of benzene rings is 1. The van der Waals surface area contributed by atoms with E-state index in [-0.39, 0.29) is 5.91 Å². The standard InChI is InChI=1S/C11H9BrF2N2O/c12-6-1-2-7-8(3-6)16-5-11(13,14)4-9(16)10(17)15-7/h1-3,9H,4-5H2,(H,15,17)/t9-/m1/s1. The molecule has 1 saturated heterocycles. The molecule has 1 amide bonds. The first-order chi connectivity index (χ1) is 7.96. The summed E-state index contributed by atoms with van der Waals surface area (Å²) in [4.78, 5) is 13.2. The number of fused-ring (bicyclic) bond motifs is 3. The van der Waals surface area contributed by atoms with E-state index in [0.29, 0.717) is 11.4 Å². The molecule has 0 bridgehead atoms. The Balaban J connectivity index is 2.09. The normalized spacial score (nSPS) is 25.2. The van der Waals surface area contributed by atoms with E-state index in [1.165, 1.54) is 4.90 Å². The summed E-state index contributed by atoms with van der Waals surface area (Å²) in [6, 6.07) is 4.48. The van der Waals surface area contributed by atoms with Gasteiger partial charge in [0.15, 0.2) is 0 Å². The molecule has 1 atom stereocenters. The van der Waals surface area contributed by atoms with Gasteiger partial charge < -0.3 is 10.2 Å². The average molecular weight is 303 g/mol. The van der Waals surface area contributed by atoms with E-state index in [0.717, 1.165) is 4.47 Å². The molecular weight excluding hydrogens is 294 g/mol. The number of halogens is 3. The van der Waals surface area contributed by atoms with Gasteiger partial charge in [-0.2, -0.15) is 0 Å². The summed E-state index contributed by atoms with van der Waals surface area (Å²) in [7, 11) is 0. The molecular formula is C11H9BrF2N2O. The van der Waals surface area contributed by atoms with Gasteiger partial charge >= 0.3 is 0 Å². The Kier molecular flexibility index (Phi) is 2.20. The van der Waals surface area contributed by atoms with Crippen molar-refractivity contribution in [3.05, 3.63) is 22.7 Å². The zero-order valence-corrected chi connectivity index (χ0v) is 10.3. The Labute approximate surface area is 105 Å². The summed E-state index contributed by atoms with van der Waals surface area (Å²) in [6.07, 6.45) is -0.412. The fourth-order valence-electron chi connectivity index (χ4n) is 2.37. The number of amides is 1. The third-order valence-electron chi connectivity index (χ3n) is 3.10. The van der Waals surface area contributed by atoms with Crippen LogP contribution in [0.3, 0.4) is 0 Å². The number of carbonyl (C=O) groups is 1. The number of rotatable bonds is 0. The van der Waals surface area contributed by atoms with Crippen LogP contribution >= 0.6 is 15.9 Å². The minimum Gasteiger partial charge on any atom is -0.352 e. The predicted octanol–water partition coefficient (Wildman–Crippen LogP) is 2.62. The van der Waals surface area contributed by atoms with Crippen LogP contribution in [-0.4, -0.2) is 24.4 Å². The van der Waals surface area contributed by atoms with Crippen LogP contribution < -0.4 is 10.2 Å². The molecule has 17 heavy (non-hydrogen) atoms. The molecule has 0 radical (unpaired) electrons. The van der Waals surface area contributed by atoms with Crippen LogP contribution in [0, 0.1) is 0 Å². The Morgan fingerprint density at radius 1 is 1.47 bits per heavy atom. The average Bonchev–Trinajstić information content (AvgIpc) is 2.56. The second-order valence-electron chi connectivity index (χ2n) is 4.35. The van der Waals surface area contributed by atoms with Crippen molar-refractivity contribution in [2.45, 2.75) is 18.4 Å². The van der Waals surface area contributed by atoms with Crippen LogP contribution in [0.2, 0.25) is 0 Å². The quantitative estimate of drug-likeness (QED) is 0.799. The van der Waals surface area contributed by atoms with Crippen LogP contribution in [0.4, 0.5) is 20.2 Å². The first kappa shape index (κ1) is 11.0. The summed E-state index contributed by atoms with van der Waals surface area (Å²) in [5.74, 6) is -3.15. The molecule has 2 aliphatic heterocycles. The van der Waals surface area contributed by atoms with Gasteiger partial charge in [-0.3, -0.25) is 4.79 Å². The molecule has 6 heteroatoms. The maximum absolute atomic E-state index is 13.4. The first-order valence-electron chi connectivity index (χ1n) is 5.21. The molecule has 1 aromatic carbocycles. The number of nitrogens with zero attached hydrogens (tertiary/aromatic N) is 1. The smallest absolute Gasteiger partial charge is 0.267 e. The summed E-state index contributed by atoms with van der Waals surface area (Å²) in [5, 5.41) is 2.66. The minimum atomic E-state index is -2.80. The van der Waals surface area contributed by atoms with E-state index in [9.17, 15) is 13.6 Å². The fraction of sp³-hybridized carbons (Fsp3) is 0.364. The van der Waals surface area contributed by atoms with Gasteiger partial charge in [0.2, 0.25) is 5.91 Å². The molecule has 1 fully saturated rings. The van der Waals surface area contributed by atoms with Gasteiger partial charge in [0.05, 0.1) is 17.9 Å². The van der Waals surface area contributed by atoms with Crippen molar-refractivity contribution < 1.29 is 13.6 Å². The first-order valence-corrected chi connectivity index (χ1v) is 6.00. The molecule has 1 aromatic rings. The Hall–Kier alpha value is -1.17. The summed E-state index contributed by atoms with van der Waals surface area (Å²) in [6.45, 7) is -0.394. The van der Waals surface area contributed by atoms with Crippen LogP contribution in [0.1, 0.15) is 6.42 Å². The maximum Gasteiger partial charge on any atom is 0.267 e. The van der Waals surface area contributed by atoms with Crippen LogP contribution in [-0.2, 0) is 4.79 Å². The summed E-state index contributed by atoms with van der Waals surface area (Å²) in [5.41, 5.74) is 1.24. The van der Waals surface area contributed by atoms with Gasteiger partial charge in [-0.1, -0.05) is 15.9 Å². The molecule has 2 aliphatic rings. The van der Waals surface area contributed by atoms with E-state index in [2.05, 4.69) is 21.2 Å². The fourth-order valence-corrected chi connectivity index (χ4v) is 2.72. The third kappa shape index (κ3) is 1.71. The number of anilines is 2. The van der Waals surface area contributed by atoms with Crippen LogP contribution in [0.25, 0.3) is 0 Å². The number of hydrogen-bond donors (Lipinski definition) is 1. The molecule has 3 nitrogen and oxygen atoms in total. The molecule has 0 spiro atoms. The lowest BCUT2D eigenvalue weighted by Crippen LogP contribution is -2.43. The molecule has 2 heterocycles.